The van der Waals surface area contributed by atoms with Crippen LogP contribution < -0.4 is 0 Å². The lowest BCUT2D eigenvalue weighted by atomic mass is 9.95. The number of carbonyl (C=O) groups is 2. The van der Waals surface area contributed by atoms with E-state index in [9.17, 15) is 14.7 Å². The van der Waals surface area contributed by atoms with Gasteiger partial charge in [-0.05, 0) is 23.7 Å². The molecule has 0 saturated carbocycles. The molecule has 1 atom stereocenters. The lowest BCUT2D eigenvalue weighted by molar-refractivity contribution is -0.146. The van der Waals surface area contributed by atoms with Crippen molar-refractivity contribution >= 4 is 23.7 Å². The zero-order chi connectivity index (χ0) is 13.6. The van der Waals surface area contributed by atoms with Gasteiger partial charge in [-0.25, -0.2) is 0 Å². The predicted molar refractivity (Wildman–Crippen MR) is 66.0 cm³/mol. The summed E-state index contributed by atoms with van der Waals surface area (Å²) in [4.78, 5) is 22.1. The van der Waals surface area contributed by atoms with Crippen LogP contribution in [0.25, 0.3) is 0 Å². The molecule has 0 fully saturated rings. The monoisotopic (exact) mass is 265 g/mol. The number of thiocyanates is 1. The van der Waals surface area contributed by atoms with Crippen molar-refractivity contribution in [3.63, 3.8) is 0 Å². The molecule has 0 aliphatic rings. The zero-order valence-corrected chi connectivity index (χ0v) is 10.2. The molecule has 0 unspecified atom stereocenters. The van der Waals surface area contributed by atoms with Gasteiger partial charge in [0.15, 0.2) is 0 Å². The van der Waals surface area contributed by atoms with Gasteiger partial charge in [0.05, 0.1) is 6.42 Å². The van der Waals surface area contributed by atoms with Crippen molar-refractivity contribution in [2.24, 2.45) is 0 Å². The molecule has 0 radical (unpaired) electrons. The minimum Gasteiger partial charge on any atom is -0.481 e. The zero-order valence-electron chi connectivity index (χ0n) is 9.37. The Morgan fingerprint density at radius 1 is 1.28 bits per heavy atom. The van der Waals surface area contributed by atoms with Crippen molar-refractivity contribution in [2.75, 3.05) is 0 Å². The molecule has 0 heterocycles. The van der Waals surface area contributed by atoms with Gasteiger partial charge in [0, 0.05) is 0 Å². The van der Waals surface area contributed by atoms with Crippen LogP contribution >= 0.6 is 11.8 Å². The smallest absolute Gasteiger partial charge is 0.321 e. The largest absolute Gasteiger partial charge is 0.481 e. The van der Waals surface area contributed by atoms with Crippen LogP contribution in [0.2, 0.25) is 0 Å². The van der Waals surface area contributed by atoms with Crippen LogP contribution in [-0.4, -0.2) is 26.9 Å². The maximum atomic E-state index is 11.3. The van der Waals surface area contributed by atoms with Crippen LogP contribution in [0.5, 0.6) is 0 Å². The number of hydrogen-bond acceptors (Lipinski definition) is 4. The van der Waals surface area contributed by atoms with Gasteiger partial charge in [-0.2, -0.15) is 5.26 Å². The minimum atomic E-state index is -1.65. The summed E-state index contributed by atoms with van der Waals surface area (Å²) in [6, 6.07) is 8.66. The molecule has 1 rings (SSSR count). The van der Waals surface area contributed by atoms with Crippen LogP contribution in [0.1, 0.15) is 12.0 Å². The van der Waals surface area contributed by atoms with E-state index in [0.717, 1.165) is 0 Å². The third-order valence-electron chi connectivity index (χ3n) is 2.40. The van der Waals surface area contributed by atoms with E-state index in [4.69, 9.17) is 10.4 Å². The SMILES string of the molecule is N#CS[C@](CC(=O)O)(Cc1ccccc1)C(=O)O. The average molecular weight is 265 g/mol. The van der Waals surface area contributed by atoms with Gasteiger partial charge in [0.25, 0.3) is 0 Å². The molecule has 0 spiro atoms. The van der Waals surface area contributed by atoms with E-state index in [1.807, 2.05) is 0 Å². The number of carboxylic acids is 2. The summed E-state index contributed by atoms with van der Waals surface area (Å²) in [6.45, 7) is 0. The van der Waals surface area contributed by atoms with Gasteiger partial charge in [-0.15, -0.1) is 0 Å². The van der Waals surface area contributed by atoms with Crippen molar-refractivity contribution in [3.8, 4) is 5.40 Å². The number of aliphatic carboxylic acids is 2. The molecule has 0 saturated heterocycles. The van der Waals surface area contributed by atoms with E-state index in [2.05, 4.69) is 0 Å². The first-order valence-corrected chi connectivity index (χ1v) is 5.88. The Hall–Kier alpha value is -2.00. The number of nitriles is 1. The highest BCUT2D eigenvalue weighted by atomic mass is 32.2. The molecule has 0 bridgehead atoms. The van der Waals surface area contributed by atoms with Crippen molar-refractivity contribution in [3.05, 3.63) is 35.9 Å². The van der Waals surface area contributed by atoms with E-state index in [-0.39, 0.29) is 6.42 Å². The van der Waals surface area contributed by atoms with Crippen LogP contribution in [0.3, 0.4) is 0 Å². The Balaban J connectivity index is 3.06. The first-order valence-electron chi connectivity index (χ1n) is 5.06. The van der Waals surface area contributed by atoms with E-state index >= 15 is 0 Å². The fraction of sp³-hybridized carbons (Fsp3) is 0.250. The maximum absolute atomic E-state index is 11.3. The summed E-state index contributed by atoms with van der Waals surface area (Å²) < 4.78 is -1.65. The Labute approximate surface area is 108 Å². The third kappa shape index (κ3) is 3.50. The average Bonchev–Trinajstić information content (AvgIpc) is 2.29. The van der Waals surface area contributed by atoms with Gasteiger partial charge in [-0.1, -0.05) is 30.3 Å². The Morgan fingerprint density at radius 2 is 1.89 bits per heavy atom. The number of rotatable bonds is 6. The Morgan fingerprint density at radius 3 is 2.33 bits per heavy atom. The fourth-order valence-electron chi connectivity index (χ4n) is 1.59. The number of hydrogen-bond donors (Lipinski definition) is 2. The number of nitrogens with zero attached hydrogens (tertiary/aromatic N) is 1. The molecular weight excluding hydrogens is 254 g/mol. The number of benzene rings is 1. The second kappa shape index (κ2) is 6.07. The van der Waals surface area contributed by atoms with Crippen LogP contribution in [-0.2, 0) is 16.0 Å². The van der Waals surface area contributed by atoms with E-state index in [0.29, 0.717) is 17.3 Å². The molecule has 0 amide bonds. The molecule has 2 N–H and O–H groups in total. The Kier molecular flexibility index (Phi) is 4.75. The predicted octanol–water partition coefficient (Wildman–Crippen LogP) is 1.74. The van der Waals surface area contributed by atoms with Crippen molar-refractivity contribution in [1.29, 1.82) is 5.26 Å². The summed E-state index contributed by atoms with van der Waals surface area (Å²) in [7, 11) is 0. The normalized spacial score (nSPS) is 13.3. The highest BCUT2D eigenvalue weighted by molar-refractivity contribution is 8.05. The van der Waals surface area contributed by atoms with E-state index in [1.54, 1.807) is 35.7 Å². The van der Waals surface area contributed by atoms with Crippen molar-refractivity contribution in [2.45, 2.75) is 17.6 Å². The lowest BCUT2D eigenvalue weighted by Crippen LogP contribution is -2.39. The summed E-state index contributed by atoms with van der Waals surface area (Å²) in [5.41, 5.74) is 0.684. The second-order valence-electron chi connectivity index (χ2n) is 3.73. The van der Waals surface area contributed by atoms with Gasteiger partial charge in [0.1, 0.15) is 10.1 Å². The van der Waals surface area contributed by atoms with Gasteiger partial charge in [0.2, 0.25) is 0 Å². The Bertz CT molecular complexity index is 483. The fourth-order valence-corrected chi connectivity index (χ4v) is 2.28. The molecule has 1 aromatic carbocycles. The summed E-state index contributed by atoms with van der Waals surface area (Å²) in [5.74, 6) is -2.53. The summed E-state index contributed by atoms with van der Waals surface area (Å²) in [5, 5.41) is 28.4. The molecular formula is C12H11NO4S. The van der Waals surface area contributed by atoms with Crippen LogP contribution in [0.4, 0.5) is 0 Å². The standard InChI is InChI=1S/C12H11NO4S/c13-8-18-12(11(16)17,7-10(14)15)6-9-4-2-1-3-5-9/h1-5H,6-7H2,(H,14,15)(H,16,17)/t12-/m0/s1. The van der Waals surface area contributed by atoms with Crippen molar-refractivity contribution < 1.29 is 19.8 Å². The summed E-state index contributed by atoms with van der Waals surface area (Å²) in [6.07, 6.45) is -0.608. The van der Waals surface area contributed by atoms with E-state index < -0.39 is 23.1 Å². The van der Waals surface area contributed by atoms with Crippen LogP contribution in [0.15, 0.2) is 30.3 Å². The second-order valence-corrected chi connectivity index (χ2v) is 4.89. The molecule has 0 aliphatic carbocycles. The third-order valence-corrected chi connectivity index (χ3v) is 3.35. The first-order chi connectivity index (χ1) is 8.50. The molecule has 94 valence electrons. The van der Waals surface area contributed by atoms with Crippen molar-refractivity contribution in [1.82, 2.24) is 0 Å². The van der Waals surface area contributed by atoms with Crippen LogP contribution in [0, 0.1) is 10.7 Å². The topological polar surface area (TPSA) is 98.4 Å². The first kappa shape index (κ1) is 14.1. The van der Waals surface area contributed by atoms with Gasteiger partial charge in [-0.3, -0.25) is 9.59 Å². The number of carboxylic acid groups (broad SMARTS) is 2. The molecule has 1 aromatic rings. The molecule has 5 nitrogen and oxygen atoms in total. The molecule has 6 heteroatoms. The summed E-state index contributed by atoms with van der Waals surface area (Å²) >= 11 is 0.480. The number of thioether (sulfide) groups is 1. The molecule has 0 aliphatic heterocycles. The van der Waals surface area contributed by atoms with Gasteiger partial charge < -0.3 is 10.2 Å². The molecule has 0 aromatic heterocycles. The quantitative estimate of drug-likeness (QED) is 0.760. The molecule has 18 heavy (non-hydrogen) atoms. The highest BCUT2D eigenvalue weighted by Gasteiger charge is 2.42. The maximum Gasteiger partial charge on any atom is 0.321 e. The lowest BCUT2D eigenvalue weighted by Gasteiger charge is -2.23. The van der Waals surface area contributed by atoms with E-state index in [1.165, 1.54) is 0 Å². The van der Waals surface area contributed by atoms with Gasteiger partial charge >= 0.3 is 11.9 Å². The highest BCUT2D eigenvalue weighted by Crippen LogP contribution is 2.33. The minimum absolute atomic E-state index is 0.00625.